The van der Waals surface area contributed by atoms with Crippen molar-refractivity contribution in [2.45, 2.75) is 44.2 Å². The molecule has 4 aliphatic rings. The van der Waals surface area contributed by atoms with Gasteiger partial charge in [-0.15, -0.1) is 0 Å². The molecule has 4 aromatic carbocycles. The summed E-state index contributed by atoms with van der Waals surface area (Å²) in [4.78, 5) is 4.79. The number of rotatable bonds is 2. The van der Waals surface area contributed by atoms with Gasteiger partial charge in [0.05, 0.1) is 14.2 Å². The Morgan fingerprint density at radius 2 is 1.39 bits per heavy atom. The zero-order chi connectivity index (χ0) is 30.5. The Balaban J connectivity index is 1.45. The van der Waals surface area contributed by atoms with E-state index in [4.69, 9.17) is 14.2 Å². The Kier molecular flexibility index (Phi) is 7.39. The van der Waals surface area contributed by atoms with E-state index in [1.807, 2.05) is 30.3 Å². The lowest BCUT2D eigenvalue weighted by Gasteiger charge is -2.37. The zero-order valence-electron chi connectivity index (χ0n) is 25.9. The fourth-order valence-electron chi connectivity index (χ4n) is 7.38. The lowest BCUT2D eigenvalue weighted by atomic mass is 9.81. The van der Waals surface area contributed by atoms with Gasteiger partial charge in [0.2, 0.25) is 0 Å². The summed E-state index contributed by atoms with van der Waals surface area (Å²) in [6.07, 6.45) is 3.88. The van der Waals surface area contributed by atoms with E-state index in [0.29, 0.717) is 23.7 Å². The van der Waals surface area contributed by atoms with E-state index in [1.54, 1.807) is 20.3 Å². The van der Waals surface area contributed by atoms with E-state index in [9.17, 15) is 10.2 Å². The highest BCUT2D eigenvalue weighted by Crippen LogP contribution is 2.46. The second-order valence-corrected chi connectivity index (χ2v) is 12.5. The molecule has 228 valence electrons. The number of likely N-dealkylation sites (N-methyl/N-ethyl adjacent to an activating group) is 2. The molecule has 0 saturated carbocycles. The predicted molar refractivity (Wildman–Crippen MR) is 171 cm³/mol. The first-order valence-electron chi connectivity index (χ1n) is 15.4. The van der Waals surface area contributed by atoms with E-state index < -0.39 is 0 Å². The molecule has 0 radical (unpaired) electrons. The average Bonchev–Trinajstić information content (AvgIpc) is 3.03. The van der Waals surface area contributed by atoms with Gasteiger partial charge in [-0.25, -0.2) is 0 Å². The van der Waals surface area contributed by atoms with Crippen LogP contribution >= 0.6 is 0 Å². The van der Waals surface area contributed by atoms with Crippen LogP contribution in [0.25, 0.3) is 0 Å². The van der Waals surface area contributed by atoms with Crippen LogP contribution in [0.15, 0.2) is 60.7 Å². The molecule has 4 aromatic rings. The number of methoxy groups -OCH3 is 2. The van der Waals surface area contributed by atoms with Gasteiger partial charge in [-0.2, -0.15) is 0 Å². The zero-order valence-corrected chi connectivity index (χ0v) is 25.9. The molecule has 0 unspecified atom stereocenters. The molecule has 2 atom stereocenters. The average molecular weight is 593 g/mol. The molecule has 0 aromatic heterocycles. The molecule has 0 amide bonds. The standard InChI is InChI=1S/C37H40N2O5/c1-38-13-11-24-20-33(42-3)26-18-28(24)30(38)16-23-7-10-32(40)34(17-23)44-27-8-5-22(6-9-27)15-31-36-25(12-14-39(31)2)21-35(43-4)37(41)29(36)19-26/h5-10,17-18,20-21,30-31,40-41H,11-16,19H2,1-4H3/t30-,31+/m0/s1. The van der Waals surface area contributed by atoms with Gasteiger partial charge in [-0.05, 0) is 121 Å². The van der Waals surface area contributed by atoms with E-state index in [-0.39, 0.29) is 23.6 Å². The minimum Gasteiger partial charge on any atom is -0.504 e. The molecule has 4 aliphatic heterocycles. The Morgan fingerprint density at radius 3 is 2.14 bits per heavy atom. The van der Waals surface area contributed by atoms with Crippen molar-refractivity contribution in [3.63, 3.8) is 0 Å². The first-order chi connectivity index (χ1) is 21.3. The van der Waals surface area contributed by atoms with Crippen LogP contribution in [0.1, 0.15) is 56.6 Å². The van der Waals surface area contributed by atoms with Gasteiger partial charge in [-0.1, -0.05) is 18.2 Å². The van der Waals surface area contributed by atoms with Gasteiger partial charge in [-0.3, -0.25) is 9.80 Å². The number of nitrogens with zero attached hydrogens (tertiary/aromatic N) is 2. The van der Waals surface area contributed by atoms with Crippen molar-refractivity contribution in [3.8, 4) is 34.5 Å². The van der Waals surface area contributed by atoms with Crippen molar-refractivity contribution >= 4 is 0 Å². The van der Waals surface area contributed by atoms with Crippen LogP contribution in [0.5, 0.6) is 34.5 Å². The number of phenolic OH excluding ortho intramolecular Hbond substituents is 2. The monoisotopic (exact) mass is 592 g/mol. The third-order valence-electron chi connectivity index (χ3n) is 9.88. The Labute approximate surface area is 259 Å². The highest BCUT2D eigenvalue weighted by atomic mass is 16.5. The summed E-state index contributed by atoms with van der Waals surface area (Å²) in [5.41, 5.74) is 9.15. The third kappa shape index (κ3) is 5.04. The topological polar surface area (TPSA) is 74.6 Å². The number of hydrogen-bond donors (Lipinski definition) is 2. The quantitative estimate of drug-likeness (QED) is 0.281. The van der Waals surface area contributed by atoms with E-state index in [0.717, 1.165) is 61.2 Å². The predicted octanol–water partition coefficient (Wildman–Crippen LogP) is 6.35. The van der Waals surface area contributed by atoms with Crippen LogP contribution in [-0.4, -0.2) is 61.4 Å². The van der Waals surface area contributed by atoms with Crippen LogP contribution in [0, 0.1) is 0 Å². The fourth-order valence-corrected chi connectivity index (χ4v) is 7.38. The maximum absolute atomic E-state index is 11.7. The number of phenols is 2. The molecular formula is C37H40N2O5. The fraction of sp³-hybridized carbons (Fsp3) is 0.351. The van der Waals surface area contributed by atoms with Crippen molar-refractivity contribution in [2.75, 3.05) is 41.4 Å². The van der Waals surface area contributed by atoms with Gasteiger partial charge >= 0.3 is 0 Å². The highest BCUT2D eigenvalue weighted by molar-refractivity contribution is 5.59. The summed E-state index contributed by atoms with van der Waals surface area (Å²) in [5.74, 6) is 2.83. The first-order valence-corrected chi connectivity index (χ1v) is 15.4. The second-order valence-electron chi connectivity index (χ2n) is 12.5. The van der Waals surface area contributed by atoms with Gasteiger partial charge in [0, 0.05) is 37.2 Å². The summed E-state index contributed by atoms with van der Waals surface area (Å²) in [6, 6.07) is 20.5. The lowest BCUT2D eigenvalue weighted by molar-refractivity contribution is 0.226. The molecule has 44 heavy (non-hydrogen) atoms. The minimum absolute atomic E-state index is 0.0689. The van der Waals surface area contributed by atoms with Crippen LogP contribution < -0.4 is 14.2 Å². The van der Waals surface area contributed by atoms with Crippen molar-refractivity contribution in [1.82, 2.24) is 9.80 Å². The molecule has 7 nitrogen and oxygen atoms in total. The number of fused-ring (bicyclic) bond motifs is 2. The smallest absolute Gasteiger partial charge is 0.169 e. The van der Waals surface area contributed by atoms with Gasteiger partial charge in [0.1, 0.15) is 11.5 Å². The minimum atomic E-state index is 0.0689. The van der Waals surface area contributed by atoms with Crippen molar-refractivity contribution in [1.29, 1.82) is 0 Å². The number of aromatic hydroxyl groups is 2. The van der Waals surface area contributed by atoms with Gasteiger partial charge in [0.15, 0.2) is 23.0 Å². The molecule has 6 bridgehead atoms. The number of ether oxygens (including phenoxy) is 3. The van der Waals surface area contributed by atoms with Crippen LogP contribution in [0.2, 0.25) is 0 Å². The molecule has 0 aliphatic carbocycles. The summed E-state index contributed by atoms with van der Waals surface area (Å²) < 4.78 is 17.9. The summed E-state index contributed by atoms with van der Waals surface area (Å²) in [6.45, 7) is 1.85. The molecule has 0 fully saturated rings. The normalized spacial score (nSPS) is 19.8. The van der Waals surface area contributed by atoms with Gasteiger partial charge < -0.3 is 24.4 Å². The van der Waals surface area contributed by atoms with Crippen LogP contribution in [0.3, 0.4) is 0 Å². The Morgan fingerprint density at radius 1 is 0.727 bits per heavy atom. The largest absolute Gasteiger partial charge is 0.504 e. The maximum atomic E-state index is 11.7. The second kappa shape index (κ2) is 11.4. The molecule has 8 rings (SSSR count). The summed E-state index contributed by atoms with van der Waals surface area (Å²) in [5, 5.41) is 22.4. The van der Waals surface area contributed by atoms with E-state index in [2.05, 4.69) is 48.2 Å². The van der Waals surface area contributed by atoms with Gasteiger partial charge in [0.25, 0.3) is 0 Å². The van der Waals surface area contributed by atoms with E-state index >= 15 is 0 Å². The molecule has 0 spiro atoms. The molecular weight excluding hydrogens is 552 g/mol. The van der Waals surface area contributed by atoms with Crippen LogP contribution in [-0.2, 0) is 32.1 Å². The van der Waals surface area contributed by atoms with E-state index in [1.165, 1.54) is 27.8 Å². The Hall–Kier alpha value is -4.20. The van der Waals surface area contributed by atoms with Crippen LogP contribution in [0.4, 0.5) is 0 Å². The van der Waals surface area contributed by atoms with Crippen molar-refractivity contribution in [2.24, 2.45) is 0 Å². The summed E-state index contributed by atoms with van der Waals surface area (Å²) in [7, 11) is 7.70. The maximum Gasteiger partial charge on any atom is 0.169 e. The van der Waals surface area contributed by atoms with Crippen molar-refractivity contribution in [3.05, 3.63) is 105 Å². The highest BCUT2D eigenvalue weighted by Gasteiger charge is 2.33. The lowest BCUT2D eigenvalue weighted by Crippen LogP contribution is -2.34. The molecule has 2 N–H and O–H groups in total. The molecule has 0 saturated heterocycles. The SMILES string of the molecule is COc1cc2c3cc1Cc1c(O)c(OC)cc4c1[C@@H](Cc1ccc(cc1)Oc1cc(ccc1O)C[C@@H]3N(C)CC2)N(C)CC4. The molecule has 4 heterocycles. The first kappa shape index (κ1) is 28.6. The molecule has 7 heteroatoms. The Bertz CT molecular complexity index is 1720. The summed E-state index contributed by atoms with van der Waals surface area (Å²) >= 11 is 0. The van der Waals surface area contributed by atoms with Crippen molar-refractivity contribution < 1.29 is 24.4 Å². The number of benzene rings is 4. The number of hydrogen-bond acceptors (Lipinski definition) is 7. The third-order valence-corrected chi connectivity index (χ3v) is 9.88.